The molecule has 1 aliphatic carbocycles. The van der Waals surface area contributed by atoms with Gasteiger partial charge in [-0.2, -0.15) is 0 Å². The van der Waals surface area contributed by atoms with E-state index in [0.29, 0.717) is 5.75 Å². The van der Waals surface area contributed by atoms with Crippen molar-refractivity contribution in [3.05, 3.63) is 59.7 Å². The highest BCUT2D eigenvalue weighted by Crippen LogP contribution is 2.35. The molecule has 0 aromatic heterocycles. The Morgan fingerprint density at radius 2 is 1.81 bits per heavy atom. The van der Waals surface area contributed by atoms with Crippen LogP contribution in [0.5, 0.6) is 11.5 Å². The fourth-order valence-electron chi connectivity index (χ4n) is 2.56. The van der Waals surface area contributed by atoms with Crippen molar-refractivity contribution in [3.8, 4) is 11.5 Å². The summed E-state index contributed by atoms with van der Waals surface area (Å²) in [7, 11) is 0. The zero-order valence-corrected chi connectivity index (χ0v) is 11.5. The van der Waals surface area contributed by atoms with Crippen molar-refractivity contribution in [1.29, 1.82) is 0 Å². The first kappa shape index (κ1) is 13.5. The number of ether oxygens (including phenoxy) is 2. The summed E-state index contributed by atoms with van der Waals surface area (Å²) in [5.41, 5.74) is 2.60. The molecule has 0 saturated carbocycles. The number of carbonyl (C=O) groups is 1. The lowest BCUT2D eigenvalue weighted by Crippen LogP contribution is -2.09. The van der Waals surface area contributed by atoms with Gasteiger partial charge in [-0.1, -0.05) is 24.3 Å². The fourth-order valence-corrected chi connectivity index (χ4v) is 2.56. The van der Waals surface area contributed by atoms with Crippen molar-refractivity contribution in [1.82, 2.24) is 0 Å². The Hall–Kier alpha value is -2.49. The maximum Gasteiger partial charge on any atom is 0.341 e. The van der Waals surface area contributed by atoms with Crippen molar-refractivity contribution in [3.63, 3.8) is 0 Å². The Morgan fingerprint density at radius 3 is 2.57 bits per heavy atom. The van der Waals surface area contributed by atoms with Gasteiger partial charge in [0.15, 0.2) is 6.61 Å². The largest absolute Gasteiger partial charge is 0.486 e. The summed E-state index contributed by atoms with van der Waals surface area (Å²) in [6.07, 6.45) is 2.11. The molecule has 0 saturated heterocycles. The van der Waals surface area contributed by atoms with Gasteiger partial charge in [0.25, 0.3) is 0 Å². The first-order chi connectivity index (χ1) is 10.2. The topological polar surface area (TPSA) is 55.8 Å². The molecule has 1 atom stereocenters. The van der Waals surface area contributed by atoms with Crippen LogP contribution in [0.4, 0.5) is 0 Å². The zero-order valence-electron chi connectivity index (χ0n) is 11.5. The predicted octanol–water partition coefficient (Wildman–Crippen LogP) is 3.22. The SMILES string of the molecule is O=C(O)COc1ccc(OC2CCc3ccccc32)cc1. The summed E-state index contributed by atoms with van der Waals surface area (Å²) >= 11 is 0. The Kier molecular flexibility index (Phi) is 3.77. The average Bonchev–Trinajstić information content (AvgIpc) is 2.90. The lowest BCUT2D eigenvalue weighted by Gasteiger charge is -2.15. The molecule has 2 aromatic rings. The highest BCUT2D eigenvalue weighted by molar-refractivity contribution is 5.68. The lowest BCUT2D eigenvalue weighted by molar-refractivity contribution is -0.139. The van der Waals surface area contributed by atoms with Crippen LogP contribution in [0, 0.1) is 0 Å². The molecule has 0 spiro atoms. The summed E-state index contributed by atoms with van der Waals surface area (Å²) in [4.78, 5) is 10.4. The first-order valence-electron chi connectivity index (χ1n) is 6.91. The van der Waals surface area contributed by atoms with Gasteiger partial charge >= 0.3 is 5.97 Å². The van der Waals surface area contributed by atoms with E-state index in [1.165, 1.54) is 11.1 Å². The first-order valence-corrected chi connectivity index (χ1v) is 6.91. The van der Waals surface area contributed by atoms with E-state index in [0.717, 1.165) is 18.6 Å². The molecule has 4 nitrogen and oxygen atoms in total. The molecule has 1 aliphatic rings. The van der Waals surface area contributed by atoms with Crippen LogP contribution < -0.4 is 9.47 Å². The summed E-state index contributed by atoms with van der Waals surface area (Å²) in [6, 6.07) is 15.4. The third-order valence-electron chi connectivity index (χ3n) is 3.54. The van der Waals surface area contributed by atoms with E-state index < -0.39 is 5.97 Å². The van der Waals surface area contributed by atoms with Gasteiger partial charge in [0.05, 0.1) is 0 Å². The molecule has 4 heteroatoms. The molecule has 21 heavy (non-hydrogen) atoms. The Bertz CT molecular complexity index is 633. The minimum atomic E-state index is -0.988. The summed E-state index contributed by atoms with van der Waals surface area (Å²) < 4.78 is 11.1. The molecule has 3 rings (SSSR count). The van der Waals surface area contributed by atoms with Crippen LogP contribution in [0.2, 0.25) is 0 Å². The van der Waals surface area contributed by atoms with Crippen LogP contribution in [-0.2, 0) is 11.2 Å². The minimum Gasteiger partial charge on any atom is -0.486 e. The second-order valence-corrected chi connectivity index (χ2v) is 5.00. The molecule has 0 bridgehead atoms. The molecule has 2 aromatic carbocycles. The molecule has 0 radical (unpaired) electrons. The zero-order chi connectivity index (χ0) is 14.7. The van der Waals surface area contributed by atoms with Crippen LogP contribution in [-0.4, -0.2) is 17.7 Å². The smallest absolute Gasteiger partial charge is 0.341 e. The summed E-state index contributed by atoms with van der Waals surface area (Å²) in [5.74, 6) is 0.300. The van der Waals surface area contributed by atoms with Gasteiger partial charge in [-0.25, -0.2) is 4.79 Å². The van der Waals surface area contributed by atoms with Gasteiger partial charge < -0.3 is 14.6 Å². The molecule has 0 aliphatic heterocycles. The highest BCUT2D eigenvalue weighted by Gasteiger charge is 2.23. The van der Waals surface area contributed by atoms with Gasteiger partial charge in [0, 0.05) is 0 Å². The third kappa shape index (κ3) is 3.16. The molecule has 0 amide bonds. The number of aliphatic carboxylic acids is 1. The maximum absolute atomic E-state index is 10.4. The Balaban J connectivity index is 1.65. The number of carboxylic acids is 1. The Labute approximate surface area is 122 Å². The molecule has 1 unspecified atom stereocenters. The van der Waals surface area contributed by atoms with Crippen molar-refractivity contribution >= 4 is 5.97 Å². The summed E-state index contributed by atoms with van der Waals surface area (Å²) in [5, 5.41) is 8.56. The van der Waals surface area contributed by atoms with Gasteiger partial charge in [-0.15, -0.1) is 0 Å². The number of aryl methyl sites for hydroxylation is 1. The highest BCUT2D eigenvalue weighted by atomic mass is 16.5. The van der Waals surface area contributed by atoms with Crippen molar-refractivity contribution in [2.75, 3.05) is 6.61 Å². The lowest BCUT2D eigenvalue weighted by atomic mass is 10.1. The number of rotatable bonds is 5. The van der Waals surface area contributed by atoms with Gasteiger partial charge in [0.2, 0.25) is 0 Å². The third-order valence-corrected chi connectivity index (χ3v) is 3.54. The molecule has 0 heterocycles. The monoisotopic (exact) mass is 284 g/mol. The predicted molar refractivity (Wildman–Crippen MR) is 77.7 cm³/mol. The van der Waals surface area contributed by atoms with E-state index >= 15 is 0 Å². The minimum absolute atomic E-state index is 0.0898. The Morgan fingerprint density at radius 1 is 1.10 bits per heavy atom. The van der Waals surface area contributed by atoms with Gasteiger partial charge in [-0.3, -0.25) is 0 Å². The van der Waals surface area contributed by atoms with Crippen LogP contribution in [0.1, 0.15) is 23.7 Å². The maximum atomic E-state index is 10.4. The van der Waals surface area contributed by atoms with Gasteiger partial charge in [-0.05, 0) is 48.2 Å². The fraction of sp³-hybridized carbons (Fsp3) is 0.235. The number of hydrogen-bond donors (Lipinski definition) is 1. The van der Waals surface area contributed by atoms with Crippen LogP contribution in [0.25, 0.3) is 0 Å². The second-order valence-electron chi connectivity index (χ2n) is 5.00. The van der Waals surface area contributed by atoms with Crippen LogP contribution in [0.3, 0.4) is 0 Å². The number of fused-ring (bicyclic) bond motifs is 1. The molecule has 108 valence electrons. The van der Waals surface area contributed by atoms with E-state index in [1.54, 1.807) is 24.3 Å². The second kappa shape index (κ2) is 5.87. The van der Waals surface area contributed by atoms with Crippen LogP contribution >= 0.6 is 0 Å². The van der Waals surface area contributed by atoms with Crippen LogP contribution in [0.15, 0.2) is 48.5 Å². The van der Waals surface area contributed by atoms with Crippen molar-refractivity contribution < 1.29 is 19.4 Å². The number of carboxylic acid groups (broad SMARTS) is 1. The average molecular weight is 284 g/mol. The van der Waals surface area contributed by atoms with Gasteiger partial charge in [0.1, 0.15) is 17.6 Å². The normalized spacial score (nSPS) is 16.3. The molecular formula is C17H16O4. The standard InChI is InChI=1S/C17H16O4/c18-17(19)11-20-13-6-8-14(9-7-13)21-16-10-5-12-3-1-2-4-15(12)16/h1-4,6-9,16H,5,10-11H2,(H,18,19). The van der Waals surface area contributed by atoms with E-state index in [-0.39, 0.29) is 12.7 Å². The molecular weight excluding hydrogens is 268 g/mol. The molecule has 0 fully saturated rings. The molecule has 1 N–H and O–H groups in total. The number of benzene rings is 2. The van der Waals surface area contributed by atoms with Crippen molar-refractivity contribution in [2.24, 2.45) is 0 Å². The van der Waals surface area contributed by atoms with Crippen molar-refractivity contribution in [2.45, 2.75) is 18.9 Å². The quantitative estimate of drug-likeness (QED) is 0.916. The van der Waals surface area contributed by atoms with E-state index in [9.17, 15) is 4.79 Å². The van der Waals surface area contributed by atoms with E-state index in [1.807, 2.05) is 6.07 Å². The van der Waals surface area contributed by atoms with E-state index in [4.69, 9.17) is 14.6 Å². The number of hydrogen-bond acceptors (Lipinski definition) is 3. The summed E-state index contributed by atoms with van der Waals surface area (Å²) in [6.45, 7) is -0.337. The van der Waals surface area contributed by atoms with E-state index in [2.05, 4.69) is 18.2 Å².